The largest absolute Gasteiger partial charge is 0.440 e. The van der Waals surface area contributed by atoms with E-state index in [0.717, 1.165) is 29.8 Å². The lowest BCUT2D eigenvalue weighted by Crippen LogP contribution is -2.12. The molecule has 2 rings (SSSR count). The van der Waals surface area contributed by atoms with E-state index in [-0.39, 0.29) is 5.92 Å². The molecular formula is C12H17N3O. The summed E-state index contributed by atoms with van der Waals surface area (Å²) in [5.74, 6) is 1.000. The molecule has 86 valence electrons. The summed E-state index contributed by atoms with van der Waals surface area (Å²) in [5.41, 5.74) is 12.9. The van der Waals surface area contributed by atoms with Crippen LogP contribution in [0.1, 0.15) is 24.7 Å². The molecule has 0 amide bonds. The number of para-hydroxylation sites is 2. The highest BCUT2D eigenvalue weighted by Crippen LogP contribution is 2.25. The maximum Gasteiger partial charge on any atom is 0.198 e. The van der Waals surface area contributed by atoms with Crippen LogP contribution in [-0.4, -0.2) is 18.1 Å². The molecule has 2 aromatic rings. The van der Waals surface area contributed by atoms with Gasteiger partial charge in [-0.3, -0.25) is 0 Å². The number of nitrogens with zero attached hydrogens (tertiary/aromatic N) is 1. The van der Waals surface area contributed by atoms with Gasteiger partial charge in [0.1, 0.15) is 5.52 Å². The number of hydrogen-bond donors (Lipinski definition) is 2. The van der Waals surface area contributed by atoms with Gasteiger partial charge in [-0.2, -0.15) is 0 Å². The molecule has 0 radical (unpaired) electrons. The van der Waals surface area contributed by atoms with Crippen molar-refractivity contribution in [2.24, 2.45) is 11.5 Å². The zero-order valence-corrected chi connectivity index (χ0v) is 9.23. The first-order chi connectivity index (χ1) is 7.85. The summed E-state index contributed by atoms with van der Waals surface area (Å²) < 4.78 is 5.71. The third-order valence-corrected chi connectivity index (χ3v) is 2.69. The molecule has 4 heteroatoms. The fourth-order valence-electron chi connectivity index (χ4n) is 1.86. The number of rotatable bonds is 5. The number of aromatic nitrogens is 1. The minimum Gasteiger partial charge on any atom is -0.440 e. The summed E-state index contributed by atoms with van der Waals surface area (Å²) in [5, 5.41) is 0. The highest BCUT2D eigenvalue weighted by atomic mass is 16.3. The van der Waals surface area contributed by atoms with Gasteiger partial charge in [-0.1, -0.05) is 12.1 Å². The van der Waals surface area contributed by atoms with Crippen molar-refractivity contribution >= 4 is 11.1 Å². The van der Waals surface area contributed by atoms with Crippen LogP contribution in [0.3, 0.4) is 0 Å². The zero-order chi connectivity index (χ0) is 11.4. The molecule has 4 nitrogen and oxygen atoms in total. The van der Waals surface area contributed by atoms with Crippen molar-refractivity contribution in [3.63, 3.8) is 0 Å². The smallest absolute Gasteiger partial charge is 0.198 e. The first-order valence-corrected chi connectivity index (χ1v) is 5.60. The summed E-state index contributed by atoms with van der Waals surface area (Å²) in [4.78, 5) is 4.47. The molecule has 0 aliphatic carbocycles. The maximum absolute atomic E-state index is 5.71. The van der Waals surface area contributed by atoms with E-state index < -0.39 is 0 Å². The Kier molecular flexibility index (Phi) is 3.54. The third-order valence-electron chi connectivity index (χ3n) is 2.69. The Morgan fingerprint density at radius 2 is 1.81 bits per heavy atom. The van der Waals surface area contributed by atoms with Gasteiger partial charge in [-0.25, -0.2) is 4.98 Å². The second-order valence-corrected chi connectivity index (χ2v) is 3.87. The van der Waals surface area contributed by atoms with Crippen LogP contribution in [0, 0.1) is 0 Å². The Balaban J connectivity index is 2.29. The van der Waals surface area contributed by atoms with E-state index in [4.69, 9.17) is 15.9 Å². The van der Waals surface area contributed by atoms with Gasteiger partial charge >= 0.3 is 0 Å². The van der Waals surface area contributed by atoms with Gasteiger partial charge in [0.25, 0.3) is 0 Å². The normalized spacial score (nSPS) is 11.4. The number of oxazole rings is 1. The van der Waals surface area contributed by atoms with Crippen LogP contribution in [0.15, 0.2) is 28.7 Å². The minimum atomic E-state index is 0.238. The molecule has 0 spiro atoms. The summed E-state index contributed by atoms with van der Waals surface area (Å²) in [6.45, 7) is 1.26. The van der Waals surface area contributed by atoms with E-state index in [2.05, 4.69) is 4.98 Å². The van der Waals surface area contributed by atoms with Crippen molar-refractivity contribution in [2.45, 2.75) is 18.8 Å². The van der Waals surface area contributed by atoms with Crippen LogP contribution in [0.2, 0.25) is 0 Å². The Labute approximate surface area is 94.6 Å². The van der Waals surface area contributed by atoms with Crippen LogP contribution in [0.4, 0.5) is 0 Å². The predicted molar refractivity (Wildman–Crippen MR) is 64.1 cm³/mol. The topological polar surface area (TPSA) is 78.1 Å². The molecule has 1 aromatic carbocycles. The molecule has 1 aromatic heterocycles. The maximum atomic E-state index is 5.71. The molecular weight excluding hydrogens is 202 g/mol. The molecule has 1 heterocycles. The number of nitrogens with two attached hydrogens (primary N) is 2. The molecule has 0 saturated carbocycles. The second kappa shape index (κ2) is 5.09. The summed E-state index contributed by atoms with van der Waals surface area (Å²) in [6.07, 6.45) is 1.73. The first-order valence-electron chi connectivity index (χ1n) is 5.60. The molecule has 0 unspecified atom stereocenters. The van der Waals surface area contributed by atoms with Gasteiger partial charge in [-0.15, -0.1) is 0 Å². The Bertz CT molecular complexity index is 413. The van der Waals surface area contributed by atoms with E-state index in [1.807, 2.05) is 24.3 Å². The number of benzene rings is 1. The SMILES string of the molecule is NCCC(CCN)c1nc2ccccc2o1. The van der Waals surface area contributed by atoms with E-state index >= 15 is 0 Å². The van der Waals surface area contributed by atoms with Crippen molar-refractivity contribution < 1.29 is 4.42 Å². The van der Waals surface area contributed by atoms with E-state index in [9.17, 15) is 0 Å². The molecule has 0 aliphatic rings. The highest BCUT2D eigenvalue weighted by molar-refractivity contribution is 5.72. The van der Waals surface area contributed by atoms with Crippen LogP contribution >= 0.6 is 0 Å². The van der Waals surface area contributed by atoms with Crippen LogP contribution < -0.4 is 11.5 Å². The van der Waals surface area contributed by atoms with E-state index in [1.54, 1.807) is 0 Å². The molecule has 0 aliphatic heterocycles. The lowest BCUT2D eigenvalue weighted by molar-refractivity contribution is 0.440. The van der Waals surface area contributed by atoms with Gasteiger partial charge in [0.15, 0.2) is 11.5 Å². The summed E-state index contributed by atoms with van der Waals surface area (Å²) in [6, 6.07) is 7.77. The van der Waals surface area contributed by atoms with Crippen LogP contribution in [0.5, 0.6) is 0 Å². The Morgan fingerprint density at radius 3 is 2.44 bits per heavy atom. The van der Waals surface area contributed by atoms with E-state index in [0.29, 0.717) is 13.1 Å². The lowest BCUT2D eigenvalue weighted by Gasteiger charge is -2.09. The van der Waals surface area contributed by atoms with Crippen LogP contribution in [-0.2, 0) is 0 Å². The minimum absolute atomic E-state index is 0.238. The van der Waals surface area contributed by atoms with Gasteiger partial charge < -0.3 is 15.9 Å². The van der Waals surface area contributed by atoms with Gasteiger partial charge in [0.2, 0.25) is 0 Å². The predicted octanol–water partition coefficient (Wildman–Crippen LogP) is 1.61. The number of fused-ring (bicyclic) bond motifs is 1. The van der Waals surface area contributed by atoms with Gasteiger partial charge in [-0.05, 0) is 38.1 Å². The summed E-state index contributed by atoms with van der Waals surface area (Å²) in [7, 11) is 0. The molecule has 4 N–H and O–H groups in total. The highest BCUT2D eigenvalue weighted by Gasteiger charge is 2.16. The van der Waals surface area contributed by atoms with Crippen LogP contribution in [0.25, 0.3) is 11.1 Å². The third kappa shape index (κ3) is 2.23. The van der Waals surface area contributed by atoms with Crippen molar-refractivity contribution in [1.29, 1.82) is 0 Å². The Morgan fingerprint density at radius 1 is 1.12 bits per heavy atom. The summed E-state index contributed by atoms with van der Waals surface area (Å²) >= 11 is 0. The van der Waals surface area contributed by atoms with Gasteiger partial charge in [0, 0.05) is 5.92 Å². The zero-order valence-electron chi connectivity index (χ0n) is 9.23. The van der Waals surface area contributed by atoms with Crippen molar-refractivity contribution in [3.8, 4) is 0 Å². The molecule has 0 fully saturated rings. The Hall–Kier alpha value is -1.39. The first kappa shape index (κ1) is 11.1. The standard InChI is InChI=1S/C12H17N3O/c13-7-5-9(6-8-14)12-15-10-3-1-2-4-11(10)16-12/h1-4,9H,5-8,13-14H2. The van der Waals surface area contributed by atoms with E-state index in [1.165, 1.54) is 0 Å². The molecule has 0 saturated heterocycles. The molecule has 16 heavy (non-hydrogen) atoms. The van der Waals surface area contributed by atoms with Crippen molar-refractivity contribution in [1.82, 2.24) is 4.98 Å². The second-order valence-electron chi connectivity index (χ2n) is 3.87. The lowest BCUT2D eigenvalue weighted by atomic mass is 10.0. The molecule has 0 atom stereocenters. The average Bonchev–Trinajstić information content (AvgIpc) is 2.72. The van der Waals surface area contributed by atoms with Gasteiger partial charge in [0.05, 0.1) is 0 Å². The average molecular weight is 219 g/mol. The molecule has 0 bridgehead atoms. The fourth-order valence-corrected chi connectivity index (χ4v) is 1.86. The monoisotopic (exact) mass is 219 g/mol. The number of hydrogen-bond acceptors (Lipinski definition) is 4. The quantitative estimate of drug-likeness (QED) is 0.800. The van der Waals surface area contributed by atoms with Crippen molar-refractivity contribution in [3.05, 3.63) is 30.2 Å². The fraction of sp³-hybridized carbons (Fsp3) is 0.417. The van der Waals surface area contributed by atoms with Crippen molar-refractivity contribution in [2.75, 3.05) is 13.1 Å².